The molecular weight excluding hydrogens is 314 g/mol. The van der Waals surface area contributed by atoms with Gasteiger partial charge in [-0.05, 0) is 50.6 Å². The highest BCUT2D eigenvalue weighted by Gasteiger charge is 2.28. The first kappa shape index (κ1) is 14.1. The number of H-pyrrole nitrogens is 1. The number of likely N-dealkylation sites (tertiary alicyclic amines) is 1. The Morgan fingerprint density at radius 1 is 1.35 bits per heavy atom. The number of aromatic amines is 1. The first-order valence-electron chi connectivity index (χ1n) is 7.26. The molecule has 0 saturated carbocycles. The number of piperidine rings is 1. The van der Waals surface area contributed by atoms with Crippen molar-refractivity contribution in [1.29, 1.82) is 0 Å². The van der Waals surface area contributed by atoms with Crippen LogP contribution in [0.4, 0.5) is 0 Å². The number of rotatable bonds is 3. The fourth-order valence-corrected chi connectivity index (χ4v) is 3.34. The third-order valence-corrected chi connectivity index (χ3v) is 5.18. The quantitative estimate of drug-likeness (QED) is 0.899. The largest absolute Gasteiger partial charge is 0.361 e. The maximum Gasteiger partial charge on any atom is 0.0458 e. The van der Waals surface area contributed by atoms with Crippen molar-refractivity contribution in [1.82, 2.24) is 15.2 Å². The van der Waals surface area contributed by atoms with Gasteiger partial charge in [-0.25, -0.2) is 0 Å². The van der Waals surface area contributed by atoms with E-state index in [2.05, 4.69) is 69.5 Å². The zero-order valence-electron chi connectivity index (χ0n) is 12.2. The smallest absolute Gasteiger partial charge is 0.0458 e. The van der Waals surface area contributed by atoms with Crippen LogP contribution in [0.3, 0.4) is 0 Å². The maximum atomic E-state index is 3.56. The summed E-state index contributed by atoms with van der Waals surface area (Å²) >= 11 is 3.56. The van der Waals surface area contributed by atoms with Crippen molar-refractivity contribution >= 4 is 26.8 Å². The Hall–Kier alpha value is -0.840. The van der Waals surface area contributed by atoms with Crippen LogP contribution >= 0.6 is 15.9 Å². The highest BCUT2D eigenvalue weighted by Crippen LogP contribution is 2.26. The van der Waals surface area contributed by atoms with Gasteiger partial charge in [0.1, 0.15) is 0 Å². The van der Waals surface area contributed by atoms with Crippen LogP contribution in [-0.4, -0.2) is 35.6 Å². The molecule has 0 aliphatic carbocycles. The minimum atomic E-state index is 0.319. The van der Waals surface area contributed by atoms with Crippen molar-refractivity contribution in [2.75, 3.05) is 20.1 Å². The zero-order chi connectivity index (χ0) is 14.2. The van der Waals surface area contributed by atoms with Crippen LogP contribution in [-0.2, 0) is 6.54 Å². The van der Waals surface area contributed by atoms with Gasteiger partial charge in [0.2, 0.25) is 0 Å². The number of benzene rings is 1. The zero-order valence-corrected chi connectivity index (χ0v) is 13.8. The summed E-state index contributed by atoms with van der Waals surface area (Å²) in [6.45, 7) is 5.69. The molecule has 3 nitrogen and oxygen atoms in total. The van der Waals surface area contributed by atoms with E-state index >= 15 is 0 Å². The maximum absolute atomic E-state index is 3.56. The van der Waals surface area contributed by atoms with E-state index in [1.165, 1.54) is 29.3 Å². The Balaban J connectivity index is 1.73. The predicted molar refractivity (Wildman–Crippen MR) is 88.0 cm³/mol. The molecule has 0 amide bonds. The molecule has 108 valence electrons. The molecule has 3 rings (SSSR count). The van der Waals surface area contributed by atoms with E-state index in [9.17, 15) is 0 Å². The van der Waals surface area contributed by atoms with E-state index in [1.54, 1.807) is 0 Å². The van der Waals surface area contributed by atoms with E-state index < -0.39 is 0 Å². The van der Waals surface area contributed by atoms with Gasteiger partial charge >= 0.3 is 0 Å². The summed E-state index contributed by atoms with van der Waals surface area (Å²) in [5.41, 5.74) is 2.94. The summed E-state index contributed by atoms with van der Waals surface area (Å²) in [6, 6.07) is 6.43. The molecule has 2 N–H and O–H groups in total. The highest BCUT2D eigenvalue weighted by atomic mass is 79.9. The van der Waals surface area contributed by atoms with Gasteiger partial charge in [0.15, 0.2) is 0 Å². The Morgan fingerprint density at radius 2 is 2.10 bits per heavy atom. The van der Waals surface area contributed by atoms with Crippen molar-refractivity contribution in [3.63, 3.8) is 0 Å². The summed E-state index contributed by atoms with van der Waals surface area (Å²) in [6.07, 6.45) is 4.59. The molecule has 4 heteroatoms. The van der Waals surface area contributed by atoms with Crippen LogP contribution in [0.2, 0.25) is 0 Å². The fourth-order valence-electron chi connectivity index (χ4n) is 2.98. The number of hydrogen-bond acceptors (Lipinski definition) is 2. The minimum absolute atomic E-state index is 0.319. The molecule has 1 aromatic heterocycles. The van der Waals surface area contributed by atoms with Gasteiger partial charge in [0.05, 0.1) is 0 Å². The van der Waals surface area contributed by atoms with E-state index in [4.69, 9.17) is 0 Å². The molecule has 20 heavy (non-hydrogen) atoms. The standard InChI is InChI=1S/C16H22BrN3/c1-16(18-2)5-7-20(8-6-16)11-12-10-19-15-4-3-13(17)9-14(12)15/h3-4,9-10,18-19H,5-8,11H2,1-2H3. The molecular formula is C16H22BrN3. The Morgan fingerprint density at radius 3 is 2.80 bits per heavy atom. The number of fused-ring (bicyclic) bond motifs is 1. The van der Waals surface area contributed by atoms with Crippen molar-refractivity contribution in [3.8, 4) is 0 Å². The van der Waals surface area contributed by atoms with Gasteiger partial charge in [-0.1, -0.05) is 15.9 Å². The van der Waals surface area contributed by atoms with Crippen LogP contribution in [0.25, 0.3) is 10.9 Å². The van der Waals surface area contributed by atoms with Crippen molar-refractivity contribution < 1.29 is 0 Å². The summed E-state index contributed by atoms with van der Waals surface area (Å²) in [7, 11) is 2.08. The molecule has 1 aliphatic rings. The van der Waals surface area contributed by atoms with Crippen LogP contribution in [0.1, 0.15) is 25.3 Å². The number of halogens is 1. The molecule has 1 aliphatic heterocycles. The van der Waals surface area contributed by atoms with Gasteiger partial charge in [0, 0.05) is 46.7 Å². The van der Waals surface area contributed by atoms with Gasteiger partial charge < -0.3 is 10.3 Å². The van der Waals surface area contributed by atoms with Crippen LogP contribution < -0.4 is 5.32 Å². The van der Waals surface area contributed by atoms with Gasteiger partial charge in [-0.15, -0.1) is 0 Å². The molecule has 0 atom stereocenters. The second-order valence-electron chi connectivity index (χ2n) is 6.09. The average Bonchev–Trinajstić information content (AvgIpc) is 2.84. The molecule has 2 heterocycles. The SMILES string of the molecule is CNC1(C)CCN(Cc2c[nH]c3ccc(Br)cc23)CC1. The third kappa shape index (κ3) is 2.78. The van der Waals surface area contributed by atoms with E-state index in [-0.39, 0.29) is 0 Å². The molecule has 1 aromatic carbocycles. The van der Waals surface area contributed by atoms with E-state index in [0.29, 0.717) is 5.54 Å². The van der Waals surface area contributed by atoms with Gasteiger partial charge in [-0.2, -0.15) is 0 Å². The second-order valence-corrected chi connectivity index (χ2v) is 7.01. The normalized spacial score (nSPS) is 19.6. The van der Waals surface area contributed by atoms with Crippen molar-refractivity contribution in [3.05, 3.63) is 34.4 Å². The lowest BCUT2D eigenvalue weighted by Crippen LogP contribution is -2.49. The average molecular weight is 336 g/mol. The van der Waals surface area contributed by atoms with Crippen molar-refractivity contribution in [2.45, 2.75) is 31.8 Å². The monoisotopic (exact) mass is 335 g/mol. The molecule has 0 bridgehead atoms. The first-order chi connectivity index (χ1) is 9.59. The fraction of sp³-hybridized carbons (Fsp3) is 0.500. The Kier molecular flexibility index (Phi) is 3.89. The molecule has 0 unspecified atom stereocenters. The minimum Gasteiger partial charge on any atom is -0.361 e. The number of nitrogens with zero attached hydrogens (tertiary/aromatic N) is 1. The predicted octanol–water partition coefficient (Wildman–Crippen LogP) is 3.50. The Labute approximate surface area is 128 Å². The van der Waals surface area contributed by atoms with Crippen LogP contribution in [0, 0.1) is 0 Å². The first-order valence-corrected chi connectivity index (χ1v) is 8.06. The summed E-state index contributed by atoms with van der Waals surface area (Å²) in [5.74, 6) is 0. The van der Waals surface area contributed by atoms with Gasteiger partial charge in [-0.3, -0.25) is 4.90 Å². The second kappa shape index (κ2) is 5.51. The van der Waals surface area contributed by atoms with E-state index in [0.717, 1.165) is 24.1 Å². The van der Waals surface area contributed by atoms with Crippen LogP contribution in [0.5, 0.6) is 0 Å². The topological polar surface area (TPSA) is 31.1 Å². The lowest BCUT2D eigenvalue weighted by Gasteiger charge is -2.39. The number of hydrogen-bond donors (Lipinski definition) is 2. The summed E-state index contributed by atoms with van der Waals surface area (Å²) < 4.78 is 1.15. The highest BCUT2D eigenvalue weighted by molar-refractivity contribution is 9.10. The molecule has 0 spiro atoms. The lowest BCUT2D eigenvalue weighted by atomic mass is 9.90. The van der Waals surface area contributed by atoms with Crippen LogP contribution in [0.15, 0.2) is 28.9 Å². The van der Waals surface area contributed by atoms with Crippen molar-refractivity contribution in [2.24, 2.45) is 0 Å². The number of aromatic nitrogens is 1. The number of nitrogens with one attached hydrogen (secondary N) is 2. The Bertz CT molecular complexity index is 597. The van der Waals surface area contributed by atoms with Gasteiger partial charge in [0.25, 0.3) is 0 Å². The summed E-state index contributed by atoms with van der Waals surface area (Å²) in [5, 5.41) is 4.79. The lowest BCUT2D eigenvalue weighted by molar-refractivity contribution is 0.147. The van der Waals surface area contributed by atoms with E-state index in [1.807, 2.05) is 0 Å². The summed E-state index contributed by atoms with van der Waals surface area (Å²) in [4.78, 5) is 5.93. The molecule has 1 saturated heterocycles. The molecule has 1 fully saturated rings. The molecule has 2 aromatic rings. The third-order valence-electron chi connectivity index (χ3n) is 4.69. The molecule has 0 radical (unpaired) electrons.